The van der Waals surface area contributed by atoms with Crippen LogP contribution in [-0.4, -0.2) is 24.7 Å². The minimum absolute atomic E-state index is 0.346. The van der Waals surface area contributed by atoms with Crippen molar-refractivity contribution in [3.05, 3.63) is 30.1 Å². The van der Waals surface area contributed by atoms with Gasteiger partial charge in [-0.05, 0) is 13.0 Å². The quantitative estimate of drug-likeness (QED) is 0.680. The monoisotopic (exact) mass is 195 g/mol. The first-order valence-electron chi connectivity index (χ1n) is 4.39. The molecule has 0 fully saturated rings. The smallest absolute Gasteiger partial charge is 0.339 e. The number of nitrogens with zero attached hydrogens (tertiary/aromatic N) is 1. The summed E-state index contributed by atoms with van der Waals surface area (Å²) in [5.74, 6) is -0.386. The van der Waals surface area contributed by atoms with Gasteiger partial charge in [0.05, 0.1) is 6.61 Å². The lowest BCUT2D eigenvalue weighted by Crippen LogP contribution is -2.17. The molecule has 0 saturated heterocycles. The third-order valence-electron chi connectivity index (χ3n) is 1.72. The Labute approximate surface area is 82.9 Å². The molecule has 1 aromatic heterocycles. The van der Waals surface area contributed by atoms with Gasteiger partial charge < -0.3 is 9.47 Å². The third kappa shape index (κ3) is 2.53. The zero-order chi connectivity index (χ0) is 10.4. The summed E-state index contributed by atoms with van der Waals surface area (Å²) in [6.07, 6.45) is 2.55. The molecule has 0 bridgehead atoms. The molecule has 0 N–H and O–H groups in total. The summed E-state index contributed by atoms with van der Waals surface area (Å²) < 4.78 is 9.89. The van der Waals surface area contributed by atoms with Crippen LogP contribution in [0, 0.1) is 0 Å². The molecule has 0 radical (unpaired) electrons. The maximum Gasteiger partial charge on any atom is 0.339 e. The number of methoxy groups -OCH3 is 1. The summed E-state index contributed by atoms with van der Waals surface area (Å²) in [6, 6.07) is 3.53. The molecule has 0 spiro atoms. The zero-order valence-electron chi connectivity index (χ0n) is 8.27. The average molecular weight is 195 g/mol. The molecule has 0 aliphatic heterocycles. The second-order valence-corrected chi connectivity index (χ2v) is 2.65. The molecular weight excluding hydrogens is 182 g/mol. The Hall–Kier alpha value is -1.42. The fourth-order valence-corrected chi connectivity index (χ4v) is 1.12. The lowest BCUT2D eigenvalue weighted by atomic mass is 10.2. The Balaban J connectivity index is 2.77. The highest BCUT2D eigenvalue weighted by atomic mass is 16.6. The largest absolute Gasteiger partial charge is 0.464 e. The fourth-order valence-electron chi connectivity index (χ4n) is 1.12. The zero-order valence-corrected chi connectivity index (χ0v) is 8.27. The van der Waals surface area contributed by atoms with Crippen molar-refractivity contribution in [2.75, 3.05) is 13.7 Å². The maximum atomic E-state index is 11.4. The molecule has 1 unspecified atom stereocenters. The molecule has 0 aliphatic carbocycles. The summed E-state index contributed by atoms with van der Waals surface area (Å²) in [4.78, 5) is 15.3. The van der Waals surface area contributed by atoms with E-state index < -0.39 is 6.10 Å². The van der Waals surface area contributed by atoms with Crippen LogP contribution < -0.4 is 0 Å². The molecule has 1 atom stereocenters. The molecule has 4 nitrogen and oxygen atoms in total. The van der Waals surface area contributed by atoms with Gasteiger partial charge in [-0.25, -0.2) is 4.79 Å². The van der Waals surface area contributed by atoms with E-state index in [9.17, 15) is 4.79 Å². The standard InChI is InChI=1S/C10H13NO3/c1-3-14-10(12)9(13-2)8-5-4-6-11-7-8/h4-7,9H,3H2,1-2H3. The maximum absolute atomic E-state index is 11.4. The van der Waals surface area contributed by atoms with Gasteiger partial charge in [-0.15, -0.1) is 0 Å². The highest BCUT2D eigenvalue weighted by Crippen LogP contribution is 2.16. The van der Waals surface area contributed by atoms with E-state index in [1.165, 1.54) is 7.11 Å². The van der Waals surface area contributed by atoms with Crippen molar-refractivity contribution in [1.82, 2.24) is 4.98 Å². The SMILES string of the molecule is CCOC(=O)C(OC)c1cccnc1. The summed E-state index contributed by atoms with van der Waals surface area (Å²) in [5, 5.41) is 0. The number of carbonyl (C=O) groups is 1. The fraction of sp³-hybridized carbons (Fsp3) is 0.400. The minimum atomic E-state index is -0.677. The van der Waals surface area contributed by atoms with Crippen molar-refractivity contribution in [3.8, 4) is 0 Å². The number of aromatic nitrogens is 1. The van der Waals surface area contributed by atoms with Crippen LogP contribution in [0.5, 0.6) is 0 Å². The van der Waals surface area contributed by atoms with Gasteiger partial charge in [0, 0.05) is 25.1 Å². The number of pyridine rings is 1. The average Bonchev–Trinajstić information content (AvgIpc) is 2.21. The normalized spacial score (nSPS) is 12.1. The van der Waals surface area contributed by atoms with Crippen LogP contribution in [0.25, 0.3) is 0 Å². The molecule has 0 amide bonds. The Morgan fingerprint density at radius 1 is 1.64 bits per heavy atom. The Morgan fingerprint density at radius 2 is 2.43 bits per heavy atom. The van der Waals surface area contributed by atoms with Crippen LogP contribution in [-0.2, 0) is 14.3 Å². The Morgan fingerprint density at radius 3 is 2.93 bits per heavy atom. The van der Waals surface area contributed by atoms with Crippen molar-refractivity contribution < 1.29 is 14.3 Å². The number of hydrogen-bond acceptors (Lipinski definition) is 4. The van der Waals surface area contributed by atoms with Crippen molar-refractivity contribution in [1.29, 1.82) is 0 Å². The second kappa shape index (κ2) is 5.34. The van der Waals surface area contributed by atoms with E-state index >= 15 is 0 Å². The van der Waals surface area contributed by atoms with E-state index in [0.717, 1.165) is 0 Å². The van der Waals surface area contributed by atoms with E-state index in [2.05, 4.69) is 4.98 Å². The highest BCUT2D eigenvalue weighted by molar-refractivity contribution is 5.76. The second-order valence-electron chi connectivity index (χ2n) is 2.65. The van der Waals surface area contributed by atoms with Gasteiger partial charge in [0.25, 0.3) is 0 Å². The van der Waals surface area contributed by atoms with Gasteiger partial charge in [-0.3, -0.25) is 4.98 Å². The lowest BCUT2D eigenvalue weighted by Gasteiger charge is -2.13. The minimum Gasteiger partial charge on any atom is -0.464 e. The van der Waals surface area contributed by atoms with Crippen LogP contribution in [0.15, 0.2) is 24.5 Å². The number of carbonyl (C=O) groups excluding carboxylic acids is 1. The first kappa shape index (κ1) is 10.7. The summed E-state index contributed by atoms with van der Waals surface area (Å²) >= 11 is 0. The lowest BCUT2D eigenvalue weighted by molar-refractivity contribution is -0.155. The first-order valence-corrected chi connectivity index (χ1v) is 4.39. The van der Waals surface area contributed by atoms with E-state index in [1.54, 1.807) is 31.5 Å². The van der Waals surface area contributed by atoms with Crippen molar-refractivity contribution in [2.24, 2.45) is 0 Å². The topological polar surface area (TPSA) is 48.4 Å². The van der Waals surface area contributed by atoms with Crippen molar-refractivity contribution >= 4 is 5.97 Å². The van der Waals surface area contributed by atoms with Crippen LogP contribution >= 0.6 is 0 Å². The number of hydrogen-bond donors (Lipinski definition) is 0. The first-order chi connectivity index (χ1) is 6.79. The highest BCUT2D eigenvalue weighted by Gasteiger charge is 2.20. The molecule has 0 aliphatic rings. The van der Waals surface area contributed by atoms with Gasteiger partial charge in [0.2, 0.25) is 0 Å². The molecule has 14 heavy (non-hydrogen) atoms. The molecular formula is C10H13NO3. The molecule has 1 rings (SSSR count). The predicted molar refractivity (Wildman–Crippen MR) is 50.6 cm³/mol. The van der Waals surface area contributed by atoms with E-state index in [1.807, 2.05) is 0 Å². The molecule has 0 saturated carbocycles. The van der Waals surface area contributed by atoms with Crippen molar-refractivity contribution in [3.63, 3.8) is 0 Å². The van der Waals surface area contributed by atoms with Gasteiger partial charge in [0.1, 0.15) is 0 Å². The predicted octanol–water partition coefficient (Wildman–Crippen LogP) is 1.33. The Bertz CT molecular complexity index is 287. The van der Waals surface area contributed by atoms with Crippen molar-refractivity contribution in [2.45, 2.75) is 13.0 Å². The van der Waals surface area contributed by atoms with E-state index in [-0.39, 0.29) is 5.97 Å². The van der Waals surface area contributed by atoms with Gasteiger partial charge in [-0.2, -0.15) is 0 Å². The molecule has 76 valence electrons. The number of esters is 1. The summed E-state index contributed by atoms with van der Waals surface area (Å²) in [6.45, 7) is 2.10. The van der Waals surface area contributed by atoms with Crippen LogP contribution in [0.1, 0.15) is 18.6 Å². The van der Waals surface area contributed by atoms with Gasteiger partial charge in [0.15, 0.2) is 6.10 Å². The number of rotatable bonds is 4. The van der Waals surface area contributed by atoms with Crippen LogP contribution in [0.4, 0.5) is 0 Å². The third-order valence-corrected chi connectivity index (χ3v) is 1.72. The van der Waals surface area contributed by atoms with E-state index in [0.29, 0.717) is 12.2 Å². The summed E-state index contributed by atoms with van der Waals surface area (Å²) in [5.41, 5.74) is 0.702. The van der Waals surface area contributed by atoms with Gasteiger partial charge in [-0.1, -0.05) is 6.07 Å². The van der Waals surface area contributed by atoms with Gasteiger partial charge >= 0.3 is 5.97 Å². The number of ether oxygens (including phenoxy) is 2. The Kier molecular flexibility index (Phi) is 4.07. The molecule has 1 aromatic rings. The molecule has 4 heteroatoms. The van der Waals surface area contributed by atoms with Crippen LogP contribution in [0.3, 0.4) is 0 Å². The van der Waals surface area contributed by atoms with E-state index in [4.69, 9.17) is 9.47 Å². The molecule has 0 aromatic carbocycles. The van der Waals surface area contributed by atoms with Crippen LogP contribution in [0.2, 0.25) is 0 Å². The summed E-state index contributed by atoms with van der Waals surface area (Å²) in [7, 11) is 1.47. The molecule has 1 heterocycles.